The van der Waals surface area contributed by atoms with E-state index >= 15 is 4.79 Å². The molecule has 36 nitrogen and oxygen atoms in total. The molecule has 0 amide bonds. The quantitative estimate of drug-likeness (QED) is 0.0344. The summed E-state index contributed by atoms with van der Waals surface area (Å²) in [6.07, 6.45) is -52.9. The van der Waals surface area contributed by atoms with Crippen LogP contribution < -0.4 is 0 Å². The normalized spacial score (nSPS) is 55.8. The molecule has 0 bridgehead atoms. The molecule has 105 heavy (non-hydrogen) atoms. The number of carbonyl (C=O) groups excluding carboxylic acids is 1. The number of hydrogen-bond acceptors (Lipinski definition) is 36. The standard InChI is InChI=1S/C69H112O36/c1-25-36(78)41(83)44(86)56(95-25)99-47-34(19-71)98-59(51(45(47)87)101-55-43(85)38(80)31(76)20-92-55)100-48-37(79)26(2)96-57(46(48)88)102-49-39(81)32(77)21-93-58(49)105-62(90)68-13-11-63(3,4)15-28(68)27-9-10-35-64(5)16-30(75)54(65(6,22-72)52(64)29(74)17-67(35,8)66(27,7)12-14-68)104-60-50(42(84)40(82)33(18-70)97-60)103-61-53(89)69(91,23-73)24-94-61/h9,25-26,28-61,70-89,91H,10-24H2,1-8H3/t25-,26-,28-,29+,30-,31+,32-,33+,34+,35+,36-,37-,38-,39-,40+,41+,42-,43+,44+,45-,46+,47+,48+,49+,50+,51+,52+,53-,54-,55-,56-,57-,58-,59-,60-,61-,64+,65-,66+,67+,68-,69+/m0/s1. The Labute approximate surface area is 605 Å². The van der Waals surface area contributed by atoms with Crippen LogP contribution in [0.25, 0.3) is 0 Å². The molecule has 0 aromatic rings. The van der Waals surface area contributed by atoms with Crippen molar-refractivity contribution in [3.05, 3.63) is 11.6 Å². The Kier molecular flexibility index (Phi) is 24.0. The van der Waals surface area contributed by atoms with E-state index in [-0.39, 0.29) is 30.6 Å². The highest BCUT2D eigenvalue weighted by molar-refractivity contribution is 5.79. The fourth-order valence-corrected chi connectivity index (χ4v) is 20.3. The molecule has 42 atom stereocenters. The van der Waals surface area contributed by atoms with Gasteiger partial charge in [0, 0.05) is 11.3 Å². The van der Waals surface area contributed by atoms with Gasteiger partial charge in [0.2, 0.25) is 6.29 Å². The third-order valence-electron chi connectivity index (χ3n) is 26.6. The van der Waals surface area contributed by atoms with Gasteiger partial charge in [0.15, 0.2) is 43.8 Å². The average Bonchev–Trinajstić information content (AvgIpc) is 1.11. The molecule has 7 saturated heterocycles. The first kappa shape index (κ1) is 82.3. The van der Waals surface area contributed by atoms with E-state index in [1.165, 1.54) is 13.8 Å². The molecular weight excluding hydrogens is 1400 g/mol. The van der Waals surface area contributed by atoms with Crippen LogP contribution in [0.1, 0.15) is 107 Å². The minimum atomic E-state index is -2.15. The Morgan fingerprint density at radius 2 is 1.03 bits per heavy atom. The number of aliphatic hydroxyl groups is 21. The SMILES string of the molecule is C[C@@H]1O[C@@H](O[C@H]2[C@H](O)[C@@H](O[C@@H]3OC[C@@H](O)[C@H](O)[C@H]3O)[C@H](O[C@@H]3[C@@H](O)[C@H](C)O[C@@H](O[C@H]4[C@H](OC(=O)[C@]56CCC(C)(C)C[C@H]5C5=CC[C@@H]7[C@@]8(C)C[C@H](O)[C@H](O[C@@H]9O[C@H](CO)[C@@H](O)[C@H](O)[C@H]9O[C@@H]9OC[C@](O)(CO)[C@H]9O)[C@@](C)(CO)[C@@H]8[C@H](O)C[C@@]7(C)[C@]5(C)CC6)OC[C@H](O)[C@@H]4O)[C@@H]3O)O[C@@H]2CO)[C@H](O)[C@H](O)[C@H]1O. The van der Waals surface area contributed by atoms with Crippen molar-refractivity contribution in [1.82, 2.24) is 0 Å². The number of carbonyl (C=O) groups is 1. The van der Waals surface area contributed by atoms with Gasteiger partial charge < -0.3 is 174 Å². The van der Waals surface area contributed by atoms with Crippen molar-refractivity contribution in [3.63, 3.8) is 0 Å². The molecule has 21 N–H and O–H groups in total. The fraction of sp³-hybridized carbons (Fsp3) is 0.957. The van der Waals surface area contributed by atoms with Crippen molar-refractivity contribution in [2.24, 2.45) is 50.2 Å². The van der Waals surface area contributed by atoms with Gasteiger partial charge >= 0.3 is 5.97 Å². The fourth-order valence-electron chi connectivity index (χ4n) is 20.3. The van der Waals surface area contributed by atoms with Crippen LogP contribution in [-0.4, -0.2) is 368 Å². The number of rotatable bonds is 18. The second kappa shape index (κ2) is 30.6. The highest BCUT2D eigenvalue weighted by Crippen LogP contribution is 2.76. The molecule has 5 aliphatic carbocycles. The van der Waals surface area contributed by atoms with Crippen LogP contribution in [0.5, 0.6) is 0 Å². The van der Waals surface area contributed by atoms with Gasteiger partial charge in [-0.1, -0.05) is 53.2 Å². The van der Waals surface area contributed by atoms with Gasteiger partial charge in [-0.3, -0.25) is 4.79 Å². The monoisotopic (exact) mass is 1520 g/mol. The molecule has 0 radical (unpaired) electrons. The van der Waals surface area contributed by atoms with Gasteiger partial charge in [0.05, 0.1) is 82.2 Å². The van der Waals surface area contributed by atoms with E-state index in [0.29, 0.717) is 32.1 Å². The third kappa shape index (κ3) is 14.0. The van der Waals surface area contributed by atoms with E-state index in [0.717, 1.165) is 5.57 Å². The Morgan fingerprint density at radius 1 is 0.476 bits per heavy atom. The molecule has 12 rings (SSSR count). The number of aliphatic hydroxyl groups excluding tert-OH is 20. The molecule has 11 fully saturated rings. The molecule has 4 saturated carbocycles. The first-order valence-electron chi connectivity index (χ1n) is 36.6. The van der Waals surface area contributed by atoms with Crippen LogP contribution in [0.15, 0.2) is 11.6 Å². The van der Waals surface area contributed by atoms with Crippen molar-refractivity contribution in [1.29, 1.82) is 0 Å². The van der Waals surface area contributed by atoms with Crippen molar-refractivity contribution < 1.29 is 178 Å². The smallest absolute Gasteiger partial charge is 0.315 e. The van der Waals surface area contributed by atoms with Crippen molar-refractivity contribution in [3.8, 4) is 0 Å². The number of esters is 1. The molecule has 604 valence electrons. The van der Waals surface area contributed by atoms with E-state index in [2.05, 4.69) is 33.8 Å². The van der Waals surface area contributed by atoms with Gasteiger partial charge in [0.25, 0.3) is 0 Å². The summed E-state index contributed by atoms with van der Waals surface area (Å²) < 4.78 is 84.0. The van der Waals surface area contributed by atoms with E-state index in [1.54, 1.807) is 6.92 Å². The summed E-state index contributed by atoms with van der Waals surface area (Å²) in [6, 6.07) is 0. The molecule has 0 spiro atoms. The largest absolute Gasteiger partial charge is 0.432 e. The highest BCUT2D eigenvalue weighted by atomic mass is 16.8. The summed E-state index contributed by atoms with van der Waals surface area (Å²) in [7, 11) is 0. The molecule has 7 heterocycles. The van der Waals surface area contributed by atoms with Gasteiger partial charge in [-0.15, -0.1) is 0 Å². The van der Waals surface area contributed by atoms with Crippen LogP contribution in [0.4, 0.5) is 0 Å². The Morgan fingerprint density at radius 3 is 1.68 bits per heavy atom. The first-order chi connectivity index (χ1) is 49.2. The highest BCUT2D eigenvalue weighted by Gasteiger charge is 2.74. The van der Waals surface area contributed by atoms with E-state index < -0.39 is 299 Å². The van der Waals surface area contributed by atoms with Crippen LogP contribution in [-0.2, 0) is 71.1 Å². The van der Waals surface area contributed by atoms with Gasteiger partial charge in [-0.25, -0.2) is 0 Å². The second-order valence-corrected chi connectivity index (χ2v) is 33.6. The van der Waals surface area contributed by atoms with E-state index in [1.807, 2.05) is 6.92 Å². The lowest BCUT2D eigenvalue weighted by Crippen LogP contribution is -2.72. The maximum Gasteiger partial charge on any atom is 0.315 e. The summed E-state index contributed by atoms with van der Waals surface area (Å²) in [5.74, 6) is -2.36. The number of hydrogen-bond donors (Lipinski definition) is 21. The van der Waals surface area contributed by atoms with Crippen LogP contribution >= 0.6 is 0 Å². The van der Waals surface area contributed by atoms with Gasteiger partial charge in [-0.2, -0.15) is 0 Å². The Balaban J connectivity index is 0.782. The molecule has 7 aliphatic heterocycles. The lowest BCUT2D eigenvalue weighted by molar-refractivity contribution is -0.401. The van der Waals surface area contributed by atoms with Crippen molar-refractivity contribution in [2.75, 3.05) is 46.2 Å². The van der Waals surface area contributed by atoms with Crippen molar-refractivity contribution >= 4 is 5.97 Å². The predicted octanol–water partition coefficient (Wildman–Crippen LogP) is -7.67. The van der Waals surface area contributed by atoms with Crippen molar-refractivity contribution in [2.45, 2.75) is 315 Å². The molecule has 0 aromatic heterocycles. The molecular formula is C69H112O36. The number of ether oxygens (including phenoxy) is 14. The lowest BCUT2D eigenvalue weighted by Gasteiger charge is -2.72. The molecule has 0 aromatic carbocycles. The minimum absolute atomic E-state index is 0.00843. The van der Waals surface area contributed by atoms with Crippen LogP contribution in [0.3, 0.4) is 0 Å². The summed E-state index contributed by atoms with van der Waals surface area (Å²) in [5, 5.41) is 235. The topological polar surface area (TPSA) is 571 Å². The van der Waals surface area contributed by atoms with E-state index in [4.69, 9.17) is 66.3 Å². The first-order valence-corrected chi connectivity index (χ1v) is 36.6. The summed E-state index contributed by atoms with van der Waals surface area (Å²) >= 11 is 0. The Bertz CT molecular complexity index is 3010. The van der Waals surface area contributed by atoms with Gasteiger partial charge in [0.1, 0.15) is 128 Å². The van der Waals surface area contributed by atoms with E-state index in [9.17, 15) is 107 Å². The Hall–Kier alpha value is -2.15. The minimum Gasteiger partial charge on any atom is -0.432 e. The summed E-state index contributed by atoms with van der Waals surface area (Å²) in [5.41, 5.74) is -6.81. The zero-order valence-corrected chi connectivity index (χ0v) is 60.0. The average molecular weight is 1520 g/mol. The van der Waals surface area contributed by atoms with Crippen LogP contribution in [0.2, 0.25) is 0 Å². The van der Waals surface area contributed by atoms with Gasteiger partial charge in [-0.05, 0) is 98.7 Å². The third-order valence-corrected chi connectivity index (χ3v) is 26.6. The lowest BCUT2D eigenvalue weighted by atomic mass is 9.33. The number of allylic oxidation sites excluding steroid dienone is 2. The predicted molar refractivity (Wildman–Crippen MR) is 344 cm³/mol. The second-order valence-electron chi connectivity index (χ2n) is 33.6. The maximum absolute atomic E-state index is 15.7. The maximum atomic E-state index is 15.7. The van der Waals surface area contributed by atoms with Crippen LogP contribution in [0, 0.1) is 50.2 Å². The zero-order chi connectivity index (χ0) is 76.7. The molecule has 0 unspecified atom stereocenters. The number of fused-ring (bicyclic) bond motifs is 7. The molecule has 36 heteroatoms. The molecule has 12 aliphatic rings. The summed E-state index contributed by atoms with van der Waals surface area (Å²) in [6.45, 7) is 9.70. The zero-order valence-electron chi connectivity index (χ0n) is 60.0. The summed E-state index contributed by atoms with van der Waals surface area (Å²) in [4.78, 5) is 15.7.